The molecule has 1 amide bonds. The molecule has 0 unspecified atom stereocenters. The van der Waals surface area contributed by atoms with Crippen LogP contribution in [0, 0.1) is 0 Å². The number of aromatic nitrogens is 1. The lowest BCUT2D eigenvalue weighted by atomic mass is 10.3. The summed E-state index contributed by atoms with van der Waals surface area (Å²) >= 11 is 2.63. The summed E-state index contributed by atoms with van der Waals surface area (Å²) in [5, 5.41) is 12.7. The van der Waals surface area contributed by atoms with Gasteiger partial charge in [-0.05, 0) is 11.4 Å². The molecule has 114 valence electrons. The molecule has 4 nitrogen and oxygen atoms in total. The molecular formula is C12H11F3N2O2S2. The van der Waals surface area contributed by atoms with Gasteiger partial charge in [0, 0.05) is 11.9 Å². The summed E-state index contributed by atoms with van der Waals surface area (Å²) in [6.45, 7) is -2.33. The monoisotopic (exact) mass is 336 g/mol. The Balaban J connectivity index is 2.17. The number of alkyl halides is 3. The molecule has 0 fully saturated rings. The van der Waals surface area contributed by atoms with Crippen molar-refractivity contribution < 1.29 is 23.1 Å². The quantitative estimate of drug-likeness (QED) is 0.913. The van der Waals surface area contributed by atoms with Gasteiger partial charge in [0.05, 0.1) is 11.5 Å². The number of thiazole rings is 1. The van der Waals surface area contributed by atoms with Crippen molar-refractivity contribution in [2.45, 2.75) is 6.18 Å². The van der Waals surface area contributed by atoms with Crippen molar-refractivity contribution in [3.05, 3.63) is 28.6 Å². The van der Waals surface area contributed by atoms with Gasteiger partial charge in [0.25, 0.3) is 5.91 Å². The smallest absolute Gasteiger partial charge is 0.395 e. The van der Waals surface area contributed by atoms with Crippen molar-refractivity contribution in [1.29, 1.82) is 0 Å². The van der Waals surface area contributed by atoms with E-state index in [1.165, 1.54) is 28.1 Å². The van der Waals surface area contributed by atoms with Gasteiger partial charge in [0.1, 0.15) is 17.2 Å². The fourth-order valence-electron chi connectivity index (χ4n) is 1.64. The van der Waals surface area contributed by atoms with E-state index < -0.39 is 25.2 Å². The molecule has 9 heteroatoms. The minimum absolute atomic E-state index is 0.0406. The van der Waals surface area contributed by atoms with Gasteiger partial charge < -0.3 is 10.0 Å². The highest BCUT2D eigenvalue weighted by Crippen LogP contribution is 2.28. The van der Waals surface area contributed by atoms with Crippen molar-refractivity contribution in [2.75, 3.05) is 19.7 Å². The Hall–Kier alpha value is -1.45. The van der Waals surface area contributed by atoms with Crippen LogP contribution in [0.4, 0.5) is 13.2 Å². The third kappa shape index (κ3) is 4.26. The first kappa shape index (κ1) is 15.9. The molecule has 0 spiro atoms. The van der Waals surface area contributed by atoms with E-state index in [2.05, 4.69) is 4.98 Å². The highest BCUT2D eigenvalue weighted by atomic mass is 32.1. The maximum Gasteiger partial charge on any atom is 0.406 e. The molecule has 0 saturated heterocycles. The predicted molar refractivity (Wildman–Crippen MR) is 74.5 cm³/mol. The Morgan fingerprint density at radius 3 is 2.71 bits per heavy atom. The van der Waals surface area contributed by atoms with Crippen molar-refractivity contribution in [2.24, 2.45) is 0 Å². The first-order valence-electron chi connectivity index (χ1n) is 5.87. The van der Waals surface area contributed by atoms with Gasteiger partial charge in [-0.25, -0.2) is 4.98 Å². The van der Waals surface area contributed by atoms with Gasteiger partial charge in [-0.2, -0.15) is 13.2 Å². The van der Waals surface area contributed by atoms with Gasteiger partial charge in [-0.15, -0.1) is 22.7 Å². The number of carbonyl (C=O) groups is 1. The minimum Gasteiger partial charge on any atom is -0.395 e. The van der Waals surface area contributed by atoms with Crippen LogP contribution in [0.25, 0.3) is 9.88 Å². The average molecular weight is 336 g/mol. The lowest BCUT2D eigenvalue weighted by Crippen LogP contribution is -2.40. The van der Waals surface area contributed by atoms with E-state index in [4.69, 9.17) is 5.11 Å². The molecule has 0 atom stereocenters. The SMILES string of the molecule is O=C(c1csc(-c2cccs2)n1)N(CCO)CC(F)(F)F. The number of thiophene rings is 1. The third-order valence-electron chi connectivity index (χ3n) is 2.48. The summed E-state index contributed by atoms with van der Waals surface area (Å²) in [5.41, 5.74) is -0.0406. The number of halogens is 3. The summed E-state index contributed by atoms with van der Waals surface area (Å²) in [4.78, 5) is 17.5. The number of nitrogens with zero attached hydrogens (tertiary/aromatic N) is 2. The lowest BCUT2D eigenvalue weighted by Gasteiger charge is -2.22. The van der Waals surface area contributed by atoms with Gasteiger partial charge in [0.15, 0.2) is 0 Å². The molecule has 0 bridgehead atoms. The van der Waals surface area contributed by atoms with E-state index in [0.717, 1.165) is 4.88 Å². The summed E-state index contributed by atoms with van der Waals surface area (Å²) in [7, 11) is 0. The van der Waals surface area contributed by atoms with Crippen molar-refractivity contribution in [3.8, 4) is 9.88 Å². The Morgan fingerprint density at radius 2 is 2.14 bits per heavy atom. The molecule has 0 aliphatic carbocycles. The normalized spacial score (nSPS) is 11.6. The Labute approximate surface area is 126 Å². The number of carbonyl (C=O) groups excluding carboxylic acids is 1. The highest BCUT2D eigenvalue weighted by molar-refractivity contribution is 7.20. The largest absolute Gasteiger partial charge is 0.406 e. The van der Waals surface area contributed by atoms with Crippen molar-refractivity contribution >= 4 is 28.6 Å². The number of aliphatic hydroxyl groups excluding tert-OH is 1. The first-order chi connectivity index (χ1) is 9.90. The maximum absolute atomic E-state index is 12.4. The highest BCUT2D eigenvalue weighted by Gasteiger charge is 2.33. The van der Waals surface area contributed by atoms with Gasteiger partial charge in [-0.3, -0.25) is 4.79 Å². The van der Waals surface area contributed by atoms with Crippen LogP contribution < -0.4 is 0 Å². The molecule has 2 heterocycles. The second-order valence-electron chi connectivity index (χ2n) is 4.08. The van der Waals surface area contributed by atoms with Gasteiger partial charge >= 0.3 is 6.18 Å². The van der Waals surface area contributed by atoms with Crippen LogP contribution in [0.15, 0.2) is 22.9 Å². The van der Waals surface area contributed by atoms with Gasteiger partial charge in [-0.1, -0.05) is 6.07 Å². The van der Waals surface area contributed by atoms with Crippen LogP contribution in [0.1, 0.15) is 10.5 Å². The maximum atomic E-state index is 12.4. The molecular weight excluding hydrogens is 325 g/mol. The zero-order valence-electron chi connectivity index (χ0n) is 10.6. The van der Waals surface area contributed by atoms with Crippen LogP contribution in [0.2, 0.25) is 0 Å². The van der Waals surface area contributed by atoms with E-state index >= 15 is 0 Å². The molecule has 2 aromatic rings. The summed E-state index contributed by atoms with van der Waals surface area (Å²) in [6, 6.07) is 3.64. The Kier molecular flexibility index (Phi) is 4.96. The third-order valence-corrected chi connectivity index (χ3v) is 4.36. The second kappa shape index (κ2) is 6.54. The summed E-state index contributed by atoms with van der Waals surface area (Å²) < 4.78 is 37.3. The molecule has 0 aliphatic rings. The van der Waals surface area contributed by atoms with Crippen LogP contribution in [-0.2, 0) is 0 Å². The number of amides is 1. The Bertz CT molecular complexity index is 596. The standard InChI is InChI=1S/C12H11F3N2O2S2/c13-12(14,15)7-17(3-4-18)11(19)8-6-21-10(16-8)9-2-1-5-20-9/h1-2,5-6,18H,3-4,7H2. The van der Waals surface area contributed by atoms with Crippen molar-refractivity contribution in [3.63, 3.8) is 0 Å². The van der Waals surface area contributed by atoms with Crippen LogP contribution in [-0.4, -0.2) is 46.8 Å². The first-order valence-corrected chi connectivity index (χ1v) is 7.63. The molecule has 0 saturated carbocycles. The lowest BCUT2D eigenvalue weighted by molar-refractivity contribution is -0.141. The fourth-order valence-corrected chi connectivity index (χ4v) is 3.24. The van der Waals surface area contributed by atoms with E-state index in [0.29, 0.717) is 9.91 Å². The second-order valence-corrected chi connectivity index (χ2v) is 5.89. The Morgan fingerprint density at radius 1 is 1.38 bits per heavy atom. The molecule has 1 N–H and O–H groups in total. The molecule has 0 radical (unpaired) electrons. The van der Waals surface area contributed by atoms with E-state index in [9.17, 15) is 18.0 Å². The zero-order chi connectivity index (χ0) is 15.5. The van der Waals surface area contributed by atoms with E-state index in [1.54, 1.807) is 0 Å². The fraction of sp³-hybridized carbons (Fsp3) is 0.333. The average Bonchev–Trinajstić information content (AvgIpc) is 3.06. The topological polar surface area (TPSA) is 53.4 Å². The van der Waals surface area contributed by atoms with E-state index in [1.807, 2.05) is 17.5 Å². The molecule has 2 rings (SSSR count). The minimum atomic E-state index is -4.52. The van der Waals surface area contributed by atoms with Crippen LogP contribution >= 0.6 is 22.7 Å². The van der Waals surface area contributed by atoms with Gasteiger partial charge in [0.2, 0.25) is 0 Å². The number of hydrogen-bond acceptors (Lipinski definition) is 5. The van der Waals surface area contributed by atoms with Crippen LogP contribution in [0.5, 0.6) is 0 Å². The van der Waals surface area contributed by atoms with Crippen molar-refractivity contribution in [1.82, 2.24) is 9.88 Å². The van der Waals surface area contributed by atoms with Crippen LogP contribution in [0.3, 0.4) is 0 Å². The number of rotatable bonds is 5. The molecule has 21 heavy (non-hydrogen) atoms. The molecule has 2 aromatic heterocycles. The number of aliphatic hydroxyl groups is 1. The number of hydrogen-bond donors (Lipinski definition) is 1. The zero-order valence-corrected chi connectivity index (χ0v) is 12.3. The summed E-state index contributed by atoms with van der Waals surface area (Å²) in [5.74, 6) is -0.833. The predicted octanol–water partition coefficient (Wildman–Crippen LogP) is 2.87. The van der Waals surface area contributed by atoms with E-state index in [-0.39, 0.29) is 12.2 Å². The molecule has 0 aliphatic heterocycles. The summed E-state index contributed by atoms with van der Waals surface area (Å²) in [6.07, 6.45) is -4.52. The molecule has 0 aromatic carbocycles.